The van der Waals surface area contributed by atoms with Gasteiger partial charge < -0.3 is 10.1 Å². The molecule has 0 saturated carbocycles. The van der Waals surface area contributed by atoms with Crippen LogP contribution in [0.3, 0.4) is 0 Å². The van der Waals surface area contributed by atoms with E-state index in [1.54, 1.807) is 12.1 Å². The number of nitrogens with one attached hydrogen (secondary N) is 1. The zero-order valence-corrected chi connectivity index (χ0v) is 12.3. The molecular weight excluding hydrogens is 241 g/mol. The SMILES string of the molecule is CCC(NCCCCOC(C)C)c1cccc(F)c1. The van der Waals surface area contributed by atoms with Gasteiger partial charge in [0.2, 0.25) is 0 Å². The lowest BCUT2D eigenvalue weighted by atomic mass is 10.0. The number of unbranched alkanes of at least 4 members (excludes halogenated alkanes) is 1. The molecule has 19 heavy (non-hydrogen) atoms. The number of benzene rings is 1. The van der Waals surface area contributed by atoms with Crippen LogP contribution in [0.25, 0.3) is 0 Å². The Morgan fingerprint density at radius 1 is 1.26 bits per heavy atom. The van der Waals surface area contributed by atoms with Crippen LogP contribution in [0.2, 0.25) is 0 Å². The molecule has 0 aliphatic heterocycles. The number of hydrogen-bond donors (Lipinski definition) is 1. The summed E-state index contributed by atoms with van der Waals surface area (Å²) in [7, 11) is 0. The van der Waals surface area contributed by atoms with Crippen LogP contribution >= 0.6 is 0 Å². The quantitative estimate of drug-likeness (QED) is 0.681. The van der Waals surface area contributed by atoms with Crippen molar-refractivity contribution in [2.75, 3.05) is 13.2 Å². The molecule has 0 amide bonds. The molecule has 0 fully saturated rings. The minimum atomic E-state index is -0.164. The molecule has 3 heteroatoms. The number of ether oxygens (including phenoxy) is 1. The lowest BCUT2D eigenvalue weighted by molar-refractivity contribution is 0.0759. The molecule has 1 N–H and O–H groups in total. The Kier molecular flexibility index (Phi) is 7.68. The van der Waals surface area contributed by atoms with Crippen molar-refractivity contribution in [2.24, 2.45) is 0 Å². The fourth-order valence-electron chi connectivity index (χ4n) is 2.04. The Bertz CT molecular complexity index is 354. The van der Waals surface area contributed by atoms with Gasteiger partial charge in [-0.25, -0.2) is 4.39 Å². The van der Waals surface area contributed by atoms with Crippen LogP contribution in [0.5, 0.6) is 0 Å². The first-order valence-corrected chi connectivity index (χ1v) is 7.24. The van der Waals surface area contributed by atoms with E-state index in [0.717, 1.165) is 38.0 Å². The van der Waals surface area contributed by atoms with E-state index >= 15 is 0 Å². The van der Waals surface area contributed by atoms with Crippen LogP contribution in [0.15, 0.2) is 24.3 Å². The minimum absolute atomic E-state index is 0.164. The molecule has 0 radical (unpaired) electrons. The van der Waals surface area contributed by atoms with Crippen molar-refractivity contribution in [1.82, 2.24) is 5.32 Å². The van der Waals surface area contributed by atoms with Crippen LogP contribution in [-0.4, -0.2) is 19.3 Å². The first-order chi connectivity index (χ1) is 9.13. The molecule has 0 spiro atoms. The second kappa shape index (κ2) is 9.05. The molecule has 0 bridgehead atoms. The maximum Gasteiger partial charge on any atom is 0.123 e. The van der Waals surface area contributed by atoms with Gasteiger partial charge >= 0.3 is 0 Å². The van der Waals surface area contributed by atoms with Gasteiger partial charge in [0.25, 0.3) is 0 Å². The van der Waals surface area contributed by atoms with Gasteiger partial charge in [0.05, 0.1) is 6.10 Å². The Hall–Kier alpha value is -0.930. The van der Waals surface area contributed by atoms with Crippen molar-refractivity contribution in [2.45, 2.75) is 52.2 Å². The number of hydrogen-bond acceptors (Lipinski definition) is 2. The van der Waals surface area contributed by atoms with Crippen molar-refractivity contribution in [3.05, 3.63) is 35.6 Å². The summed E-state index contributed by atoms with van der Waals surface area (Å²) in [6.07, 6.45) is 3.42. The first kappa shape index (κ1) is 16.1. The first-order valence-electron chi connectivity index (χ1n) is 7.24. The van der Waals surface area contributed by atoms with Crippen molar-refractivity contribution in [3.8, 4) is 0 Å². The number of rotatable bonds is 9. The maximum atomic E-state index is 13.2. The van der Waals surface area contributed by atoms with Gasteiger partial charge in [-0.1, -0.05) is 19.1 Å². The van der Waals surface area contributed by atoms with Gasteiger partial charge in [0.1, 0.15) is 5.82 Å². The summed E-state index contributed by atoms with van der Waals surface area (Å²) in [5.74, 6) is -0.164. The third-order valence-corrected chi connectivity index (χ3v) is 3.07. The molecule has 1 aromatic rings. The van der Waals surface area contributed by atoms with Crippen molar-refractivity contribution in [3.63, 3.8) is 0 Å². The summed E-state index contributed by atoms with van der Waals surface area (Å²) < 4.78 is 18.7. The normalized spacial score (nSPS) is 12.9. The Morgan fingerprint density at radius 3 is 2.68 bits per heavy atom. The molecule has 0 aromatic heterocycles. The molecule has 1 unspecified atom stereocenters. The fourth-order valence-corrected chi connectivity index (χ4v) is 2.04. The van der Waals surface area contributed by atoms with E-state index in [-0.39, 0.29) is 11.9 Å². The van der Waals surface area contributed by atoms with Crippen molar-refractivity contribution in [1.29, 1.82) is 0 Å². The summed E-state index contributed by atoms with van der Waals surface area (Å²) in [5, 5.41) is 3.48. The van der Waals surface area contributed by atoms with Crippen LogP contribution < -0.4 is 5.32 Å². The van der Waals surface area contributed by atoms with E-state index in [1.165, 1.54) is 6.07 Å². The van der Waals surface area contributed by atoms with E-state index in [1.807, 2.05) is 6.07 Å². The Morgan fingerprint density at radius 2 is 2.05 bits per heavy atom. The van der Waals surface area contributed by atoms with E-state index in [2.05, 4.69) is 26.1 Å². The average molecular weight is 267 g/mol. The largest absolute Gasteiger partial charge is 0.379 e. The smallest absolute Gasteiger partial charge is 0.123 e. The highest BCUT2D eigenvalue weighted by molar-refractivity contribution is 5.19. The van der Waals surface area contributed by atoms with E-state index in [9.17, 15) is 4.39 Å². The molecule has 1 rings (SSSR count). The molecule has 2 nitrogen and oxygen atoms in total. The van der Waals surface area contributed by atoms with E-state index in [4.69, 9.17) is 4.74 Å². The lowest BCUT2D eigenvalue weighted by Crippen LogP contribution is -2.22. The topological polar surface area (TPSA) is 21.3 Å². The number of halogens is 1. The molecule has 0 heterocycles. The van der Waals surface area contributed by atoms with Gasteiger partial charge in [0.15, 0.2) is 0 Å². The second-order valence-electron chi connectivity index (χ2n) is 5.10. The van der Waals surface area contributed by atoms with Crippen LogP contribution in [-0.2, 0) is 4.74 Å². The van der Waals surface area contributed by atoms with Crippen molar-refractivity contribution < 1.29 is 9.13 Å². The predicted octanol–water partition coefficient (Wildman–Crippen LogP) is 4.07. The molecular formula is C16H26FNO. The van der Waals surface area contributed by atoms with Gasteiger partial charge in [-0.2, -0.15) is 0 Å². The highest BCUT2D eigenvalue weighted by Crippen LogP contribution is 2.17. The minimum Gasteiger partial charge on any atom is -0.379 e. The zero-order chi connectivity index (χ0) is 14.1. The van der Waals surface area contributed by atoms with Crippen LogP contribution in [0.4, 0.5) is 4.39 Å². The monoisotopic (exact) mass is 267 g/mol. The molecule has 0 saturated heterocycles. The maximum absolute atomic E-state index is 13.2. The predicted molar refractivity (Wildman–Crippen MR) is 77.8 cm³/mol. The van der Waals surface area contributed by atoms with Crippen molar-refractivity contribution >= 4 is 0 Å². The molecule has 0 aliphatic rings. The van der Waals surface area contributed by atoms with E-state index in [0.29, 0.717) is 6.10 Å². The zero-order valence-electron chi connectivity index (χ0n) is 12.3. The fraction of sp³-hybridized carbons (Fsp3) is 0.625. The Balaban J connectivity index is 2.26. The summed E-state index contributed by atoms with van der Waals surface area (Å²) in [4.78, 5) is 0. The highest BCUT2D eigenvalue weighted by atomic mass is 19.1. The summed E-state index contributed by atoms with van der Waals surface area (Å²) in [5.41, 5.74) is 1.03. The molecule has 1 atom stereocenters. The van der Waals surface area contributed by atoms with Gasteiger partial charge in [0, 0.05) is 12.6 Å². The summed E-state index contributed by atoms with van der Waals surface area (Å²) >= 11 is 0. The standard InChI is InChI=1S/C16H26FNO/c1-4-16(14-8-7-9-15(17)12-14)18-10-5-6-11-19-13(2)3/h7-9,12-13,16,18H,4-6,10-11H2,1-3H3. The van der Waals surface area contributed by atoms with E-state index < -0.39 is 0 Å². The third kappa shape index (κ3) is 6.69. The van der Waals surface area contributed by atoms with Gasteiger partial charge in [-0.3, -0.25) is 0 Å². The second-order valence-corrected chi connectivity index (χ2v) is 5.10. The van der Waals surface area contributed by atoms with Crippen LogP contribution in [0.1, 0.15) is 51.6 Å². The Labute approximate surface area is 116 Å². The van der Waals surface area contributed by atoms with Crippen LogP contribution in [0, 0.1) is 5.82 Å². The molecule has 108 valence electrons. The summed E-state index contributed by atoms with van der Waals surface area (Å²) in [6, 6.07) is 7.09. The summed E-state index contributed by atoms with van der Waals surface area (Å²) in [6.45, 7) is 7.97. The molecule has 0 aliphatic carbocycles. The lowest BCUT2D eigenvalue weighted by Gasteiger charge is -2.17. The highest BCUT2D eigenvalue weighted by Gasteiger charge is 2.08. The molecule has 1 aromatic carbocycles. The third-order valence-electron chi connectivity index (χ3n) is 3.07. The van der Waals surface area contributed by atoms with Gasteiger partial charge in [-0.05, 0) is 57.4 Å². The van der Waals surface area contributed by atoms with Gasteiger partial charge in [-0.15, -0.1) is 0 Å². The average Bonchev–Trinajstić information content (AvgIpc) is 2.37.